The van der Waals surface area contributed by atoms with Crippen LogP contribution in [0, 0.1) is 0 Å². The van der Waals surface area contributed by atoms with Gasteiger partial charge in [0.1, 0.15) is 28.2 Å². The number of nitrogens with zero attached hydrogens (tertiary/aromatic N) is 2. The predicted octanol–water partition coefficient (Wildman–Crippen LogP) is 0.405. The molecule has 0 unspecified atom stereocenters. The molecule has 0 saturated heterocycles. The lowest BCUT2D eigenvalue weighted by Crippen LogP contribution is -2.08. The van der Waals surface area contributed by atoms with Gasteiger partial charge in [0.2, 0.25) is 0 Å². The van der Waals surface area contributed by atoms with E-state index in [1.54, 1.807) is 0 Å². The zero-order valence-electron chi connectivity index (χ0n) is 10.9. The van der Waals surface area contributed by atoms with Crippen molar-refractivity contribution in [3.8, 4) is 17.3 Å². The summed E-state index contributed by atoms with van der Waals surface area (Å²) in [5.41, 5.74) is 5.25. The molecule has 9 nitrogen and oxygen atoms in total. The molecule has 6 N–H and O–H groups in total. The zero-order valence-corrected chi connectivity index (χ0v) is 10.9. The topological polar surface area (TPSA) is 154 Å². The highest BCUT2D eigenvalue weighted by Crippen LogP contribution is 2.28. The number of H-pyrrole nitrogens is 1. The zero-order chi connectivity index (χ0) is 16.0. The molecule has 0 aliphatic carbocycles. The van der Waals surface area contributed by atoms with Crippen molar-refractivity contribution in [3.05, 3.63) is 40.2 Å². The van der Waals surface area contributed by atoms with Crippen molar-refractivity contribution >= 4 is 22.7 Å². The fraction of sp³-hybridized carbons (Fsp3) is 0. The second-order valence-electron chi connectivity index (χ2n) is 4.55. The van der Waals surface area contributed by atoms with Crippen molar-refractivity contribution in [2.75, 3.05) is 5.73 Å². The number of aromatic nitrogens is 3. The lowest BCUT2D eigenvalue weighted by Gasteiger charge is -2.07. The van der Waals surface area contributed by atoms with Crippen LogP contribution in [0.4, 0.5) is 5.82 Å². The summed E-state index contributed by atoms with van der Waals surface area (Å²) in [6, 6.07) is 4.78. The quantitative estimate of drug-likeness (QED) is 0.459. The van der Waals surface area contributed by atoms with Crippen molar-refractivity contribution in [3.63, 3.8) is 0 Å². The van der Waals surface area contributed by atoms with Crippen molar-refractivity contribution in [2.45, 2.75) is 0 Å². The molecule has 0 spiro atoms. The molecule has 2 heterocycles. The van der Waals surface area contributed by atoms with E-state index in [9.17, 15) is 19.8 Å². The predicted molar refractivity (Wildman–Crippen MR) is 76.4 cm³/mol. The Bertz CT molecular complexity index is 972. The Morgan fingerprint density at radius 3 is 2.68 bits per heavy atom. The number of aromatic hydroxyl groups is 2. The summed E-state index contributed by atoms with van der Waals surface area (Å²) in [6.45, 7) is 0. The summed E-state index contributed by atoms with van der Waals surface area (Å²) in [6.07, 6.45) is 0. The fourth-order valence-corrected chi connectivity index (χ4v) is 2.14. The van der Waals surface area contributed by atoms with E-state index < -0.39 is 11.5 Å². The van der Waals surface area contributed by atoms with Crippen molar-refractivity contribution in [1.82, 2.24) is 14.8 Å². The lowest BCUT2D eigenvalue weighted by molar-refractivity contribution is 0.0697. The molecule has 0 aliphatic heterocycles. The first-order chi connectivity index (χ1) is 10.4. The Morgan fingerprint density at radius 1 is 1.27 bits per heavy atom. The molecule has 2 aromatic heterocycles. The van der Waals surface area contributed by atoms with Crippen molar-refractivity contribution < 1.29 is 20.1 Å². The van der Waals surface area contributed by atoms with E-state index in [-0.39, 0.29) is 39.6 Å². The number of aromatic amines is 1. The Labute approximate surface area is 121 Å². The van der Waals surface area contributed by atoms with E-state index in [0.29, 0.717) is 0 Å². The third-order valence-electron chi connectivity index (χ3n) is 3.14. The highest BCUT2D eigenvalue weighted by molar-refractivity contribution is 5.91. The SMILES string of the molecule is Nc1c2c(=O)[nH]c(O)cc2nn1-c1cc(C(=O)O)ccc1O. The van der Waals surface area contributed by atoms with Crippen LogP contribution in [0.2, 0.25) is 0 Å². The molecular formula is C13H10N4O5. The van der Waals surface area contributed by atoms with Crippen LogP contribution in [0.25, 0.3) is 16.6 Å². The molecule has 22 heavy (non-hydrogen) atoms. The number of carboxylic acids is 1. The molecule has 1 aromatic carbocycles. The van der Waals surface area contributed by atoms with Gasteiger partial charge < -0.3 is 21.1 Å². The van der Waals surface area contributed by atoms with Crippen LogP contribution in [0.15, 0.2) is 29.1 Å². The highest BCUT2D eigenvalue weighted by atomic mass is 16.4. The normalized spacial score (nSPS) is 10.9. The summed E-state index contributed by atoms with van der Waals surface area (Å²) >= 11 is 0. The van der Waals surface area contributed by atoms with E-state index in [1.807, 2.05) is 0 Å². The van der Waals surface area contributed by atoms with Crippen molar-refractivity contribution in [2.24, 2.45) is 0 Å². The largest absolute Gasteiger partial charge is 0.506 e. The second-order valence-corrected chi connectivity index (χ2v) is 4.55. The summed E-state index contributed by atoms with van der Waals surface area (Å²) < 4.78 is 1.04. The highest BCUT2D eigenvalue weighted by Gasteiger charge is 2.17. The first-order valence-electron chi connectivity index (χ1n) is 6.05. The monoisotopic (exact) mass is 302 g/mol. The minimum atomic E-state index is -1.19. The van der Waals surface area contributed by atoms with Gasteiger partial charge in [0, 0.05) is 6.07 Å². The molecule has 0 saturated carbocycles. The van der Waals surface area contributed by atoms with Gasteiger partial charge >= 0.3 is 5.97 Å². The summed E-state index contributed by atoms with van der Waals surface area (Å²) in [7, 11) is 0. The lowest BCUT2D eigenvalue weighted by atomic mass is 10.2. The molecule has 0 atom stereocenters. The number of nitrogens with one attached hydrogen (secondary N) is 1. The average Bonchev–Trinajstić information content (AvgIpc) is 2.76. The number of anilines is 1. The number of carboxylic acid groups (broad SMARTS) is 1. The van der Waals surface area contributed by atoms with Crippen LogP contribution < -0.4 is 11.3 Å². The Balaban J connectivity index is 2.34. The number of hydrogen-bond donors (Lipinski definition) is 5. The van der Waals surface area contributed by atoms with Gasteiger partial charge in [-0.25, -0.2) is 9.48 Å². The van der Waals surface area contributed by atoms with Crippen LogP contribution in [-0.2, 0) is 0 Å². The number of nitrogen functional groups attached to an aromatic ring is 1. The number of aromatic carboxylic acids is 1. The molecule has 3 rings (SSSR count). The summed E-state index contributed by atoms with van der Waals surface area (Å²) in [4.78, 5) is 25.0. The number of carbonyl (C=O) groups is 1. The third-order valence-corrected chi connectivity index (χ3v) is 3.14. The Morgan fingerprint density at radius 2 is 2.00 bits per heavy atom. The van der Waals surface area contributed by atoms with Crippen LogP contribution in [0.5, 0.6) is 11.6 Å². The summed E-state index contributed by atoms with van der Waals surface area (Å²) in [5, 5.41) is 32.3. The van der Waals surface area contributed by atoms with E-state index >= 15 is 0 Å². The van der Waals surface area contributed by atoms with Gasteiger partial charge in [-0.2, -0.15) is 5.10 Å². The number of fused-ring (bicyclic) bond motifs is 1. The number of nitrogens with two attached hydrogens (primary N) is 1. The van der Waals surface area contributed by atoms with Gasteiger partial charge in [-0.1, -0.05) is 0 Å². The molecule has 0 amide bonds. The minimum Gasteiger partial charge on any atom is -0.506 e. The molecule has 0 radical (unpaired) electrons. The van der Waals surface area contributed by atoms with Crippen molar-refractivity contribution in [1.29, 1.82) is 0 Å². The summed E-state index contributed by atoms with van der Waals surface area (Å²) in [5.74, 6) is -1.92. The van der Waals surface area contributed by atoms with E-state index in [1.165, 1.54) is 24.3 Å². The molecular weight excluding hydrogens is 292 g/mol. The van der Waals surface area contributed by atoms with Gasteiger partial charge in [-0.3, -0.25) is 9.78 Å². The third kappa shape index (κ3) is 1.92. The number of hydrogen-bond acceptors (Lipinski definition) is 6. The minimum absolute atomic E-state index is 0.00693. The Kier molecular flexibility index (Phi) is 2.77. The van der Waals surface area contributed by atoms with Crippen LogP contribution >= 0.6 is 0 Å². The maximum atomic E-state index is 11.8. The number of rotatable bonds is 2. The van der Waals surface area contributed by atoms with Gasteiger partial charge in [0.15, 0.2) is 5.88 Å². The molecule has 0 fully saturated rings. The number of pyridine rings is 1. The first-order valence-corrected chi connectivity index (χ1v) is 6.05. The number of phenols is 1. The molecule has 3 aromatic rings. The number of phenolic OH excluding ortho intramolecular Hbond substituents is 1. The van der Waals surface area contributed by atoms with Gasteiger partial charge in [-0.05, 0) is 18.2 Å². The van der Waals surface area contributed by atoms with Crippen LogP contribution in [0.1, 0.15) is 10.4 Å². The molecule has 9 heteroatoms. The van der Waals surface area contributed by atoms with E-state index in [4.69, 9.17) is 10.8 Å². The molecule has 0 aliphatic rings. The maximum Gasteiger partial charge on any atom is 0.335 e. The standard InChI is InChI=1S/C13H10N4O5/c14-11-10-6(4-9(19)15-12(10)20)16-17(11)7-3-5(13(21)22)1-2-8(7)18/h1-4,18-19H,14H2,(H,15,20)(H,21,22). The fourth-order valence-electron chi connectivity index (χ4n) is 2.14. The Hall–Kier alpha value is -3.49. The smallest absolute Gasteiger partial charge is 0.335 e. The van der Waals surface area contributed by atoms with E-state index in [0.717, 1.165) is 4.68 Å². The molecule has 0 bridgehead atoms. The molecule has 112 valence electrons. The van der Waals surface area contributed by atoms with Gasteiger partial charge in [-0.15, -0.1) is 0 Å². The second kappa shape index (κ2) is 4.52. The van der Waals surface area contributed by atoms with Crippen LogP contribution in [-0.4, -0.2) is 36.1 Å². The van der Waals surface area contributed by atoms with Gasteiger partial charge in [0.25, 0.3) is 5.56 Å². The van der Waals surface area contributed by atoms with Crippen LogP contribution in [0.3, 0.4) is 0 Å². The maximum absolute atomic E-state index is 11.8. The average molecular weight is 302 g/mol. The first kappa shape index (κ1) is 13.5. The van der Waals surface area contributed by atoms with Gasteiger partial charge in [0.05, 0.1) is 5.56 Å². The number of benzene rings is 1. The van der Waals surface area contributed by atoms with E-state index in [2.05, 4.69) is 10.1 Å².